The molecule has 4 heterocycles. The highest BCUT2D eigenvalue weighted by Gasteiger charge is 2.51. The van der Waals surface area contributed by atoms with Crippen molar-refractivity contribution in [2.24, 2.45) is 0 Å². The highest BCUT2D eigenvalue weighted by molar-refractivity contribution is 6.62. The Labute approximate surface area is 154 Å². The average Bonchev–Trinajstić information content (AvgIpc) is 3.07. The maximum Gasteiger partial charge on any atom is 0.496 e. The number of nitrogens with zero attached hydrogens (tertiary/aromatic N) is 2. The van der Waals surface area contributed by atoms with Crippen LogP contribution in [0, 0.1) is 13.8 Å². The van der Waals surface area contributed by atoms with Gasteiger partial charge in [-0.1, -0.05) is 0 Å². The molecule has 0 spiro atoms. The lowest BCUT2D eigenvalue weighted by Gasteiger charge is -2.32. The van der Waals surface area contributed by atoms with Gasteiger partial charge in [-0.3, -0.25) is 4.98 Å². The Hall–Kier alpha value is -2.18. The summed E-state index contributed by atoms with van der Waals surface area (Å²) in [5, 5.41) is 1.06. The van der Waals surface area contributed by atoms with Crippen molar-refractivity contribution in [1.29, 1.82) is 0 Å². The van der Waals surface area contributed by atoms with Crippen molar-refractivity contribution in [1.82, 2.24) is 15.0 Å². The first kappa shape index (κ1) is 17.2. The van der Waals surface area contributed by atoms with Gasteiger partial charge in [-0.15, -0.1) is 0 Å². The van der Waals surface area contributed by atoms with Crippen LogP contribution in [-0.2, 0) is 9.31 Å². The van der Waals surface area contributed by atoms with E-state index in [2.05, 4.69) is 61.7 Å². The van der Waals surface area contributed by atoms with Crippen molar-refractivity contribution < 1.29 is 9.31 Å². The summed E-state index contributed by atoms with van der Waals surface area (Å²) in [5.74, 6) is 0. The number of hydrogen-bond donors (Lipinski definition) is 1. The number of fused-ring (bicyclic) bond motifs is 1. The molecule has 0 bridgehead atoms. The van der Waals surface area contributed by atoms with Gasteiger partial charge in [0.05, 0.1) is 11.2 Å². The zero-order valence-corrected chi connectivity index (χ0v) is 16.2. The number of aromatic nitrogens is 3. The van der Waals surface area contributed by atoms with Crippen LogP contribution in [0.3, 0.4) is 0 Å². The highest BCUT2D eigenvalue weighted by Crippen LogP contribution is 2.37. The van der Waals surface area contributed by atoms with E-state index in [0.717, 1.165) is 38.9 Å². The van der Waals surface area contributed by atoms with E-state index >= 15 is 0 Å². The predicted octanol–water partition coefficient (Wildman–Crippen LogP) is 3.54. The molecule has 4 rings (SSSR count). The van der Waals surface area contributed by atoms with Crippen LogP contribution in [0.15, 0.2) is 30.7 Å². The molecule has 0 saturated carbocycles. The summed E-state index contributed by atoms with van der Waals surface area (Å²) in [6, 6.07) is 4.23. The molecule has 1 aliphatic heterocycles. The third-order valence-electron chi connectivity index (χ3n) is 5.61. The quantitative estimate of drug-likeness (QED) is 0.719. The lowest BCUT2D eigenvalue weighted by atomic mass is 9.79. The molecule has 0 aliphatic carbocycles. The minimum Gasteiger partial charge on any atom is -0.399 e. The monoisotopic (exact) mass is 349 g/mol. The normalized spacial score (nSPS) is 18.6. The summed E-state index contributed by atoms with van der Waals surface area (Å²) in [7, 11) is -0.417. The SMILES string of the molecule is Cc1cc(-c2c[nH]c3ncc(B4OC(C)(C)C(C)(C)O4)cc23)c(C)cn1. The topological polar surface area (TPSA) is 60.0 Å². The second kappa shape index (κ2) is 5.66. The van der Waals surface area contributed by atoms with E-state index in [-0.39, 0.29) is 11.2 Å². The Bertz CT molecular complexity index is 978. The van der Waals surface area contributed by atoms with Crippen molar-refractivity contribution in [2.45, 2.75) is 52.7 Å². The van der Waals surface area contributed by atoms with Crippen molar-refractivity contribution >= 4 is 23.6 Å². The summed E-state index contributed by atoms with van der Waals surface area (Å²) in [6.45, 7) is 12.3. The number of H-pyrrole nitrogens is 1. The molecular formula is C20H24BN3O2. The summed E-state index contributed by atoms with van der Waals surface area (Å²) >= 11 is 0. The second-order valence-electron chi connectivity index (χ2n) is 8.10. The largest absolute Gasteiger partial charge is 0.496 e. The molecule has 134 valence electrons. The van der Waals surface area contributed by atoms with Gasteiger partial charge >= 0.3 is 7.12 Å². The summed E-state index contributed by atoms with van der Waals surface area (Å²) in [4.78, 5) is 12.2. The average molecular weight is 349 g/mol. The van der Waals surface area contributed by atoms with Crippen LogP contribution in [-0.4, -0.2) is 33.3 Å². The molecule has 1 saturated heterocycles. The van der Waals surface area contributed by atoms with Gasteiger partial charge in [-0.25, -0.2) is 4.98 Å². The fourth-order valence-electron chi connectivity index (χ4n) is 3.27. The Morgan fingerprint density at radius 2 is 1.62 bits per heavy atom. The lowest BCUT2D eigenvalue weighted by molar-refractivity contribution is 0.00578. The predicted molar refractivity (Wildman–Crippen MR) is 105 cm³/mol. The zero-order chi connectivity index (χ0) is 18.7. The molecule has 26 heavy (non-hydrogen) atoms. The Balaban J connectivity index is 1.80. The molecule has 3 aromatic heterocycles. The van der Waals surface area contributed by atoms with Gasteiger partial charge in [0, 0.05) is 40.7 Å². The van der Waals surface area contributed by atoms with Gasteiger partial charge < -0.3 is 14.3 Å². The molecule has 1 N–H and O–H groups in total. The van der Waals surface area contributed by atoms with Crippen molar-refractivity contribution in [3.63, 3.8) is 0 Å². The zero-order valence-electron chi connectivity index (χ0n) is 16.2. The van der Waals surface area contributed by atoms with E-state index in [1.165, 1.54) is 0 Å². The van der Waals surface area contributed by atoms with Crippen molar-refractivity contribution in [3.05, 3.63) is 42.0 Å². The third-order valence-corrected chi connectivity index (χ3v) is 5.61. The fraction of sp³-hybridized carbons (Fsp3) is 0.400. The van der Waals surface area contributed by atoms with E-state index in [9.17, 15) is 0 Å². The number of rotatable bonds is 2. The molecule has 0 atom stereocenters. The van der Waals surface area contributed by atoms with Gasteiger partial charge in [-0.05, 0) is 64.8 Å². The number of aromatic amines is 1. The molecule has 0 unspecified atom stereocenters. The number of nitrogens with one attached hydrogen (secondary N) is 1. The molecule has 0 aromatic carbocycles. The Morgan fingerprint density at radius 3 is 2.31 bits per heavy atom. The van der Waals surface area contributed by atoms with Gasteiger partial charge in [0.1, 0.15) is 5.65 Å². The maximum atomic E-state index is 6.18. The first-order valence-corrected chi connectivity index (χ1v) is 8.94. The molecule has 0 radical (unpaired) electrons. The minimum atomic E-state index is -0.417. The van der Waals surface area contributed by atoms with E-state index in [1.807, 2.05) is 25.5 Å². The van der Waals surface area contributed by atoms with Crippen molar-refractivity contribution in [2.75, 3.05) is 0 Å². The Morgan fingerprint density at radius 1 is 0.923 bits per heavy atom. The van der Waals surface area contributed by atoms with Gasteiger partial charge in [0.25, 0.3) is 0 Å². The molecule has 6 heteroatoms. The number of aryl methyl sites for hydroxylation is 2. The van der Waals surface area contributed by atoms with E-state index in [0.29, 0.717) is 0 Å². The van der Waals surface area contributed by atoms with Crippen LogP contribution in [0.1, 0.15) is 39.0 Å². The minimum absolute atomic E-state index is 0.369. The van der Waals surface area contributed by atoms with E-state index < -0.39 is 7.12 Å². The fourth-order valence-corrected chi connectivity index (χ4v) is 3.27. The van der Waals surface area contributed by atoms with E-state index in [1.54, 1.807) is 0 Å². The third kappa shape index (κ3) is 2.64. The second-order valence-corrected chi connectivity index (χ2v) is 8.10. The van der Waals surface area contributed by atoms with Crippen LogP contribution >= 0.6 is 0 Å². The number of pyridine rings is 2. The van der Waals surface area contributed by atoms with Crippen molar-refractivity contribution in [3.8, 4) is 11.1 Å². The molecular weight excluding hydrogens is 325 g/mol. The highest BCUT2D eigenvalue weighted by atomic mass is 16.7. The molecule has 1 aliphatic rings. The van der Waals surface area contributed by atoms with Gasteiger partial charge in [0.2, 0.25) is 0 Å². The first-order chi connectivity index (χ1) is 12.2. The molecule has 3 aromatic rings. The van der Waals surface area contributed by atoms with Crippen LogP contribution in [0.4, 0.5) is 0 Å². The first-order valence-electron chi connectivity index (χ1n) is 8.94. The standard InChI is InChI=1S/C20H24BN3O2/c1-12-9-22-13(2)7-15(12)17-11-24-18-16(17)8-14(10-23-18)21-25-19(3,4)20(5,6)26-21/h7-11H,1-6H3,(H,23,24). The van der Waals surface area contributed by atoms with Crippen LogP contribution in [0.2, 0.25) is 0 Å². The Kier molecular flexibility index (Phi) is 3.76. The van der Waals surface area contributed by atoms with Gasteiger partial charge in [-0.2, -0.15) is 0 Å². The lowest BCUT2D eigenvalue weighted by Crippen LogP contribution is -2.41. The smallest absolute Gasteiger partial charge is 0.399 e. The summed E-state index contributed by atoms with van der Waals surface area (Å²) in [6.07, 6.45) is 5.75. The summed E-state index contributed by atoms with van der Waals surface area (Å²) in [5.41, 5.74) is 5.46. The summed E-state index contributed by atoms with van der Waals surface area (Å²) < 4.78 is 12.4. The maximum absolute atomic E-state index is 6.18. The van der Waals surface area contributed by atoms with E-state index in [4.69, 9.17) is 9.31 Å². The number of hydrogen-bond acceptors (Lipinski definition) is 4. The van der Waals surface area contributed by atoms with Gasteiger partial charge in [0.15, 0.2) is 0 Å². The van der Waals surface area contributed by atoms with Crippen LogP contribution in [0.5, 0.6) is 0 Å². The molecule has 0 amide bonds. The van der Waals surface area contributed by atoms with Crippen LogP contribution in [0.25, 0.3) is 22.2 Å². The van der Waals surface area contributed by atoms with Crippen LogP contribution < -0.4 is 5.46 Å². The molecule has 1 fully saturated rings. The molecule has 5 nitrogen and oxygen atoms in total.